The van der Waals surface area contributed by atoms with Gasteiger partial charge in [-0.2, -0.15) is 4.98 Å². The van der Waals surface area contributed by atoms with Crippen LogP contribution in [0.2, 0.25) is 0 Å². The Morgan fingerprint density at radius 3 is 2.72 bits per heavy atom. The Hall–Kier alpha value is -2.20. The number of aliphatic hydroxyl groups is 4. The third-order valence-electron chi connectivity index (χ3n) is 4.34. The number of hydrogen-bond acceptors (Lipinski definition) is 13. The number of aliphatic hydroxyl groups excluding tert-OH is 2. The van der Waals surface area contributed by atoms with Crippen molar-refractivity contribution >= 4 is 33.6 Å². The normalized spacial score (nSPS) is 30.6. The highest BCUT2D eigenvalue weighted by molar-refractivity contribution is 7.16. The van der Waals surface area contributed by atoms with Gasteiger partial charge in [0.25, 0.3) is 0 Å². The fourth-order valence-corrected chi connectivity index (χ4v) is 3.89. The monoisotopic (exact) mass is 432 g/mol. The number of hydrogen-bond donors (Lipinski definition) is 6. The molecule has 0 saturated carbocycles. The molecule has 29 heavy (non-hydrogen) atoms. The zero-order valence-corrected chi connectivity index (χ0v) is 16.2. The maximum Gasteiger partial charge on any atom is 0.315 e. The molecule has 7 N–H and O–H groups in total. The van der Waals surface area contributed by atoms with E-state index in [1.54, 1.807) is 6.92 Å². The summed E-state index contributed by atoms with van der Waals surface area (Å²) in [6, 6.07) is 0. The number of aromatic amines is 1. The minimum Gasteiger partial charge on any atom is -0.436 e. The Morgan fingerprint density at radius 2 is 2.14 bits per heavy atom. The fourth-order valence-electron chi connectivity index (χ4n) is 3.06. The smallest absolute Gasteiger partial charge is 0.315 e. The standard InChI is InChI=1S/C15H20N4O9S/c1-3-7(26-5(2)21)28-15(25)11(22)14(24,6(4-20)27-15)9-8-10(18-12(16)17-9)19-13(23)29-8/h6-7,11,20,22,24-25H,3-4H2,1-2H3,(H3,16,17,18,19,23)/t6-,7?,11-,14+,15-/m1/s1. The highest BCUT2D eigenvalue weighted by Gasteiger charge is 2.67. The quantitative estimate of drug-likeness (QED) is 0.213. The van der Waals surface area contributed by atoms with E-state index in [9.17, 15) is 30.0 Å². The van der Waals surface area contributed by atoms with E-state index in [1.807, 2.05) is 0 Å². The van der Waals surface area contributed by atoms with Crippen molar-refractivity contribution in [3.05, 3.63) is 15.4 Å². The van der Waals surface area contributed by atoms with E-state index in [1.165, 1.54) is 0 Å². The molecule has 1 fully saturated rings. The van der Waals surface area contributed by atoms with Gasteiger partial charge in [-0.25, -0.2) is 4.98 Å². The number of rotatable bonds is 6. The Balaban J connectivity index is 2.09. The minimum atomic E-state index is -2.88. The van der Waals surface area contributed by atoms with Crippen LogP contribution in [0.5, 0.6) is 0 Å². The molecular formula is C15H20N4O9S. The van der Waals surface area contributed by atoms with Gasteiger partial charge >= 0.3 is 16.8 Å². The lowest BCUT2D eigenvalue weighted by molar-refractivity contribution is -0.412. The van der Waals surface area contributed by atoms with Crippen LogP contribution in [0, 0.1) is 0 Å². The first-order valence-electron chi connectivity index (χ1n) is 8.48. The Bertz CT molecular complexity index is 980. The van der Waals surface area contributed by atoms with Gasteiger partial charge in [-0.3, -0.25) is 19.3 Å². The molecule has 13 nitrogen and oxygen atoms in total. The molecule has 5 atom stereocenters. The summed E-state index contributed by atoms with van der Waals surface area (Å²) in [7, 11) is 0. The molecule has 2 aromatic rings. The lowest BCUT2D eigenvalue weighted by atomic mass is 9.88. The number of esters is 1. The number of aromatic nitrogens is 3. The van der Waals surface area contributed by atoms with E-state index in [-0.39, 0.29) is 28.4 Å². The minimum absolute atomic E-state index is 0.0116. The number of ether oxygens (including phenoxy) is 3. The second kappa shape index (κ2) is 7.56. The van der Waals surface area contributed by atoms with Crippen molar-refractivity contribution in [2.24, 2.45) is 0 Å². The summed E-state index contributed by atoms with van der Waals surface area (Å²) < 4.78 is 15.3. The molecular weight excluding hydrogens is 412 g/mol. The molecule has 1 aliphatic heterocycles. The molecule has 0 aromatic carbocycles. The number of carbonyl (C=O) groups is 1. The van der Waals surface area contributed by atoms with Gasteiger partial charge in [0.05, 0.1) is 6.61 Å². The van der Waals surface area contributed by atoms with Crippen LogP contribution in [0.15, 0.2) is 4.79 Å². The van der Waals surface area contributed by atoms with E-state index >= 15 is 0 Å². The third-order valence-corrected chi connectivity index (χ3v) is 5.22. The highest BCUT2D eigenvalue weighted by atomic mass is 32.1. The summed E-state index contributed by atoms with van der Waals surface area (Å²) in [6.45, 7) is 1.80. The second-order valence-corrected chi connectivity index (χ2v) is 7.32. The molecule has 3 rings (SSSR count). The number of fused-ring (bicyclic) bond motifs is 1. The number of H-pyrrole nitrogens is 1. The van der Waals surface area contributed by atoms with Crippen molar-refractivity contribution in [3.8, 4) is 0 Å². The third kappa shape index (κ3) is 3.59. The topological polar surface area (TPSA) is 210 Å². The number of nitrogens with one attached hydrogen (secondary N) is 1. The SMILES string of the molecule is CCC(OC(C)=O)O[C@]1(O)O[C@H](CO)[C@](O)(c2nc(N)nc3[nH]c(=O)sc23)[C@H]1O. The van der Waals surface area contributed by atoms with Crippen LogP contribution < -0.4 is 10.6 Å². The van der Waals surface area contributed by atoms with Crippen LogP contribution in [0.4, 0.5) is 5.95 Å². The number of nitrogens with two attached hydrogens (primary N) is 1. The van der Waals surface area contributed by atoms with Gasteiger partial charge < -0.3 is 35.6 Å². The predicted octanol–water partition coefficient (Wildman–Crippen LogP) is -2.14. The van der Waals surface area contributed by atoms with Crippen molar-refractivity contribution < 1.29 is 39.4 Å². The summed E-state index contributed by atoms with van der Waals surface area (Å²) >= 11 is 0.623. The average Bonchev–Trinajstić information content (AvgIpc) is 3.10. The van der Waals surface area contributed by atoms with E-state index in [4.69, 9.17) is 19.9 Å². The predicted molar refractivity (Wildman–Crippen MR) is 96.2 cm³/mol. The zero-order chi connectivity index (χ0) is 21.6. The van der Waals surface area contributed by atoms with Crippen LogP contribution in [-0.2, 0) is 24.6 Å². The first kappa shape index (κ1) is 21.5. The first-order chi connectivity index (χ1) is 13.5. The van der Waals surface area contributed by atoms with Gasteiger partial charge in [0, 0.05) is 13.3 Å². The number of thiazole rings is 1. The molecule has 0 bridgehead atoms. The van der Waals surface area contributed by atoms with E-state index in [2.05, 4.69) is 15.0 Å². The zero-order valence-electron chi connectivity index (χ0n) is 15.4. The number of nitrogen functional groups attached to an aromatic ring is 1. The summed E-state index contributed by atoms with van der Waals surface area (Å²) in [6.07, 6.45) is -5.14. The number of carbonyl (C=O) groups excluding carboxylic acids is 1. The van der Waals surface area contributed by atoms with Crippen LogP contribution in [0.1, 0.15) is 26.0 Å². The van der Waals surface area contributed by atoms with E-state index in [0.29, 0.717) is 11.3 Å². The van der Waals surface area contributed by atoms with Gasteiger partial charge in [-0.05, 0) is 0 Å². The van der Waals surface area contributed by atoms with Crippen molar-refractivity contribution in [1.82, 2.24) is 15.0 Å². The fraction of sp³-hybridized carbons (Fsp3) is 0.600. The molecule has 1 saturated heterocycles. The van der Waals surface area contributed by atoms with Gasteiger partial charge in [-0.15, -0.1) is 0 Å². The van der Waals surface area contributed by atoms with Crippen molar-refractivity contribution in [3.63, 3.8) is 0 Å². The summed E-state index contributed by atoms with van der Waals surface area (Å²) in [5.41, 5.74) is 2.71. The van der Waals surface area contributed by atoms with E-state index < -0.39 is 47.5 Å². The Kier molecular flexibility index (Phi) is 5.61. The van der Waals surface area contributed by atoms with Gasteiger partial charge in [0.1, 0.15) is 16.5 Å². The van der Waals surface area contributed by atoms with Crippen LogP contribution >= 0.6 is 11.3 Å². The van der Waals surface area contributed by atoms with Crippen molar-refractivity contribution in [2.75, 3.05) is 12.3 Å². The summed E-state index contributed by atoms with van der Waals surface area (Å²) in [4.78, 5) is 32.5. The molecule has 0 spiro atoms. The van der Waals surface area contributed by atoms with E-state index in [0.717, 1.165) is 6.92 Å². The Morgan fingerprint density at radius 1 is 1.45 bits per heavy atom. The molecule has 0 radical (unpaired) electrons. The van der Waals surface area contributed by atoms with Crippen LogP contribution in [0.3, 0.4) is 0 Å². The molecule has 0 amide bonds. The van der Waals surface area contributed by atoms with Crippen LogP contribution in [0.25, 0.3) is 10.3 Å². The largest absolute Gasteiger partial charge is 0.436 e. The summed E-state index contributed by atoms with van der Waals surface area (Å²) in [5, 5.41) is 42.5. The molecule has 160 valence electrons. The number of nitrogens with zero attached hydrogens (tertiary/aromatic N) is 2. The van der Waals surface area contributed by atoms with Gasteiger partial charge in [0.2, 0.25) is 12.2 Å². The first-order valence-corrected chi connectivity index (χ1v) is 9.30. The molecule has 1 unspecified atom stereocenters. The van der Waals surface area contributed by atoms with Gasteiger partial charge in [0.15, 0.2) is 17.4 Å². The molecule has 0 aliphatic carbocycles. The maximum atomic E-state index is 11.7. The molecule has 1 aliphatic rings. The van der Waals surface area contributed by atoms with Crippen LogP contribution in [-0.4, -0.2) is 72.4 Å². The lowest BCUT2D eigenvalue weighted by Gasteiger charge is -2.32. The lowest BCUT2D eigenvalue weighted by Crippen LogP contribution is -2.53. The Labute approximate surface area is 166 Å². The molecule has 2 aromatic heterocycles. The molecule has 14 heteroatoms. The van der Waals surface area contributed by atoms with Crippen molar-refractivity contribution in [2.45, 2.75) is 50.3 Å². The maximum absolute atomic E-state index is 11.7. The average molecular weight is 432 g/mol. The van der Waals surface area contributed by atoms with Crippen molar-refractivity contribution in [1.29, 1.82) is 0 Å². The van der Waals surface area contributed by atoms with Gasteiger partial charge in [-0.1, -0.05) is 18.3 Å². The summed E-state index contributed by atoms with van der Waals surface area (Å²) in [5.74, 6) is -3.95. The highest BCUT2D eigenvalue weighted by Crippen LogP contribution is 2.46. The number of anilines is 1. The molecule has 3 heterocycles. The second-order valence-electron chi connectivity index (χ2n) is 6.34.